The molecule has 120 valence electrons. The summed E-state index contributed by atoms with van der Waals surface area (Å²) in [6, 6.07) is 14.4. The Labute approximate surface area is 140 Å². The zero-order chi connectivity index (χ0) is 17.7. The van der Waals surface area contributed by atoms with E-state index in [1.54, 1.807) is 23.1 Å². The Kier molecular flexibility index (Phi) is 5.29. The van der Waals surface area contributed by atoms with Crippen molar-refractivity contribution >= 4 is 5.91 Å². The molecule has 0 radical (unpaired) electrons. The fourth-order valence-electron chi connectivity index (χ4n) is 2.52. The minimum Gasteiger partial charge on any atom is -0.332 e. The SMILES string of the molecule is CCN(C(=O)c1ccc(F)c(C#N)c1)C(C)c1ccc(C#N)cc1. The summed E-state index contributed by atoms with van der Waals surface area (Å²) in [5.41, 5.74) is 1.57. The second kappa shape index (κ2) is 7.39. The molecule has 0 aliphatic carbocycles. The third kappa shape index (κ3) is 3.42. The molecule has 2 aromatic carbocycles. The van der Waals surface area contributed by atoms with Gasteiger partial charge in [-0.3, -0.25) is 4.79 Å². The van der Waals surface area contributed by atoms with Crippen LogP contribution >= 0.6 is 0 Å². The number of rotatable bonds is 4. The lowest BCUT2D eigenvalue weighted by molar-refractivity contribution is 0.0702. The molecule has 24 heavy (non-hydrogen) atoms. The van der Waals surface area contributed by atoms with E-state index in [4.69, 9.17) is 10.5 Å². The molecule has 1 atom stereocenters. The van der Waals surface area contributed by atoms with Gasteiger partial charge in [-0.15, -0.1) is 0 Å². The van der Waals surface area contributed by atoms with Gasteiger partial charge in [-0.1, -0.05) is 12.1 Å². The van der Waals surface area contributed by atoms with E-state index >= 15 is 0 Å². The number of carbonyl (C=O) groups is 1. The van der Waals surface area contributed by atoms with Crippen LogP contribution in [0.15, 0.2) is 42.5 Å². The van der Waals surface area contributed by atoms with Crippen molar-refractivity contribution in [3.8, 4) is 12.1 Å². The van der Waals surface area contributed by atoms with Gasteiger partial charge in [0.1, 0.15) is 11.9 Å². The summed E-state index contributed by atoms with van der Waals surface area (Å²) in [4.78, 5) is 14.4. The van der Waals surface area contributed by atoms with Crippen LogP contribution in [0.3, 0.4) is 0 Å². The van der Waals surface area contributed by atoms with Crippen molar-refractivity contribution in [3.05, 3.63) is 70.5 Å². The van der Waals surface area contributed by atoms with E-state index in [1.165, 1.54) is 12.1 Å². The molecule has 0 aliphatic heterocycles. The summed E-state index contributed by atoms with van der Waals surface area (Å²) >= 11 is 0. The van der Waals surface area contributed by atoms with Gasteiger partial charge < -0.3 is 4.90 Å². The third-order valence-electron chi connectivity index (χ3n) is 3.93. The normalized spacial score (nSPS) is 11.2. The number of carbonyl (C=O) groups excluding carboxylic acids is 1. The molecule has 0 bridgehead atoms. The van der Waals surface area contributed by atoms with Gasteiger partial charge in [0.05, 0.1) is 23.2 Å². The minimum absolute atomic E-state index is 0.150. The Morgan fingerprint density at radius 2 is 1.83 bits per heavy atom. The van der Waals surface area contributed by atoms with E-state index in [0.717, 1.165) is 11.6 Å². The number of hydrogen-bond acceptors (Lipinski definition) is 3. The first-order chi connectivity index (χ1) is 11.5. The zero-order valence-electron chi connectivity index (χ0n) is 13.5. The van der Waals surface area contributed by atoms with Crippen molar-refractivity contribution in [2.75, 3.05) is 6.54 Å². The Balaban J connectivity index is 2.31. The summed E-state index contributed by atoms with van der Waals surface area (Å²) in [5, 5.41) is 17.8. The van der Waals surface area contributed by atoms with Gasteiger partial charge in [0.2, 0.25) is 0 Å². The van der Waals surface area contributed by atoms with E-state index in [-0.39, 0.29) is 23.1 Å². The number of benzene rings is 2. The first-order valence-electron chi connectivity index (χ1n) is 7.52. The average Bonchev–Trinajstić information content (AvgIpc) is 2.62. The lowest BCUT2D eigenvalue weighted by atomic mass is 10.0. The quantitative estimate of drug-likeness (QED) is 0.860. The van der Waals surface area contributed by atoms with Crippen molar-refractivity contribution in [1.29, 1.82) is 10.5 Å². The van der Waals surface area contributed by atoms with Crippen LogP contribution in [0.2, 0.25) is 0 Å². The van der Waals surface area contributed by atoms with Crippen molar-refractivity contribution in [2.24, 2.45) is 0 Å². The van der Waals surface area contributed by atoms with E-state index < -0.39 is 5.82 Å². The number of hydrogen-bond donors (Lipinski definition) is 0. The molecule has 0 N–H and O–H groups in total. The van der Waals surface area contributed by atoms with E-state index in [0.29, 0.717) is 12.1 Å². The molecule has 5 heteroatoms. The molecule has 2 rings (SSSR count). The minimum atomic E-state index is -0.641. The van der Waals surface area contributed by atoms with Gasteiger partial charge >= 0.3 is 0 Å². The zero-order valence-corrected chi connectivity index (χ0v) is 13.5. The monoisotopic (exact) mass is 321 g/mol. The topological polar surface area (TPSA) is 67.9 Å². The van der Waals surface area contributed by atoms with Crippen LogP contribution in [0.25, 0.3) is 0 Å². The molecule has 0 saturated heterocycles. The van der Waals surface area contributed by atoms with Crippen molar-refractivity contribution in [3.63, 3.8) is 0 Å². The summed E-state index contributed by atoms with van der Waals surface area (Å²) in [6.45, 7) is 4.20. The predicted molar refractivity (Wildman–Crippen MR) is 87.4 cm³/mol. The van der Waals surface area contributed by atoms with Crippen LogP contribution in [0.4, 0.5) is 4.39 Å². The van der Waals surface area contributed by atoms with Gasteiger partial charge in [0.15, 0.2) is 0 Å². The fraction of sp³-hybridized carbons (Fsp3) is 0.211. The van der Waals surface area contributed by atoms with Crippen molar-refractivity contribution < 1.29 is 9.18 Å². The van der Waals surface area contributed by atoms with Crippen LogP contribution in [-0.4, -0.2) is 17.4 Å². The Morgan fingerprint density at radius 1 is 1.17 bits per heavy atom. The largest absolute Gasteiger partial charge is 0.332 e. The Bertz CT molecular complexity index is 831. The van der Waals surface area contributed by atoms with Gasteiger partial charge in [0.25, 0.3) is 5.91 Å². The van der Waals surface area contributed by atoms with E-state index in [1.807, 2.05) is 26.0 Å². The Hall–Kier alpha value is -3.18. The molecular weight excluding hydrogens is 305 g/mol. The maximum atomic E-state index is 13.4. The van der Waals surface area contributed by atoms with Gasteiger partial charge in [0, 0.05) is 12.1 Å². The van der Waals surface area contributed by atoms with Crippen LogP contribution in [-0.2, 0) is 0 Å². The molecule has 1 amide bonds. The van der Waals surface area contributed by atoms with Crippen LogP contribution in [0, 0.1) is 28.5 Å². The average molecular weight is 321 g/mol. The summed E-state index contributed by atoms with van der Waals surface area (Å²) in [6.07, 6.45) is 0. The number of nitrogens with zero attached hydrogens (tertiary/aromatic N) is 3. The van der Waals surface area contributed by atoms with Gasteiger partial charge in [-0.2, -0.15) is 10.5 Å². The van der Waals surface area contributed by atoms with Crippen LogP contribution in [0.5, 0.6) is 0 Å². The maximum Gasteiger partial charge on any atom is 0.254 e. The second-order valence-corrected chi connectivity index (χ2v) is 5.31. The standard InChI is InChI=1S/C19H16FN3O/c1-3-23(13(2)15-6-4-14(11-21)5-7-15)19(24)16-8-9-18(20)17(10-16)12-22/h4-10,13H,3H2,1-2H3. The number of amides is 1. The maximum absolute atomic E-state index is 13.4. The smallest absolute Gasteiger partial charge is 0.254 e. The first kappa shape index (κ1) is 17.2. The molecular formula is C19H16FN3O. The highest BCUT2D eigenvalue weighted by atomic mass is 19.1. The molecule has 0 aliphatic rings. The Morgan fingerprint density at radius 3 is 2.38 bits per heavy atom. The summed E-state index contributed by atoms with van der Waals surface area (Å²) in [7, 11) is 0. The highest BCUT2D eigenvalue weighted by Gasteiger charge is 2.22. The van der Waals surface area contributed by atoms with Crippen LogP contribution in [0.1, 0.15) is 46.9 Å². The molecule has 0 heterocycles. The lowest BCUT2D eigenvalue weighted by Gasteiger charge is -2.28. The predicted octanol–water partition coefficient (Wildman–Crippen LogP) is 3.79. The molecule has 0 spiro atoms. The fourth-order valence-corrected chi connectivity index (χ4v) is 2.52. The highest BCUT2D eigenvalue weighted by molar-refractivity contribution is 5.94. The molecule has 4 nitrogen and oxygen atoms in total. The third-order valence-corrected chi connectivity index (χ3v) is 3.93. The first-order valence-corrected chi connectivity index (χ1v) is 7.52. The molecule has 0 saturated carbocycles. The molecule has 0 fully saturated rings. The van der Waals surface area contributed by atoms with Gasteiger partial charge in [-0.05, 0) is 49.7 Å². The van der Waals surface area contributed by atoms with Crippen molar-refractivity contribution in [1.82, 2.24) is 4.90 Å². The van der Waals surface area contributed by atoms with Crippen LogP contribution < -0.4 is 0 Å². The molecule has 0 aromatic heterocycles. The molecule has 2 aromatic rings. The van der Waals surface area contributed by atoms with Gasteiger partial charge in [-0.25, -0.2) is 4.39 Å². The number of halogens is 1. The summed E-state index contributed by atoms with van der Waals surface area (Å²) < 4.78 is 13.4. The lowest BCUT2D eigenvalue weighted by Crippen LogP contribution is -2.33. The molecule has 1 unspecified atom stereocenters. The summed E-state index contributed by atoms with van der Waals surface area (Å²) in [5.74, 6) is -0.914. The second-order valence-electron chi connectivity index (χ2n) is 5.31. The highest BCUT2D eigenvalue weighted by Crippen LogP contribution is 2.23. The van der Waals surface area contributed by atoms with E-state index in [2.05, 4.69) is 6.07 Å². The van der Waals surface area contributed by atoms with E-state index in [9.17, 15) is 9.18 Å². The van der Waals surface area contributed by atoms with Crippen molar-refractivity contribution in [2.45, 2.75) is 19.9 Å². The number of nitriles is 2.